The van der Waals surface area contributed by atoms with Crippen molar-refractivity contribution in [3.8, 4) is 11.1 Å². The van der Waals surface area contributed by atoms with E-state index in [0.29, 0.717) is 5.56 Å². The molecule has 0 aromatic heterocycles. The van der Waals surface area contributed by atoms with Crippen LogP contribution in [0.1, 0.15) is 10.4 Å². The standard InChI is InChI=1S/C13H10O2.K.H/c14-13(15)12-8-4-7-11(9-12)10-5-2-1-3-6-10;;/h1-9H,(H,14,15);;. The van der Waals surface area contributed by atoms with Crippen molar-refractivity contribution in [3.05, 3.63) is 60.2 Å². The molecule has 0 spiro atoms. The molecular weight excluding hydrogens is 227 g/mol. The van der Waals surface area contributed by atoms with Crippen molar-refractivity contribution in [2.24, 2.45) is 0 Å². The van der Waals surface area contributed by atoms with Crippen LogP contribution in [0.4, 0.5) is 0 Å². The zero-order valence-corrected chi connectivity index (χ0v) is 8.05. The van der Waals surface area contributed by atoms with Crippen molar-refractivity contribution >= 4 is 57.4 Å². The van der Waals surface area contributed by atoms with Crippen molar-refractivity contribution in [3.63, 3.8) is 0 Å². The average molecular weight is 238 g/mol. The average Bonchev–Trinajstić information content (AvgIpc) is 2.30. The molecule has 2 aromatic rings. The Morgan fingerprint density at radius 2 is 1.50 bits per heavy atom. The van der Waals surface area contributed by atoms with Crippen LogP contribution in [0.2, 0.25) is 0 Å². The van der Waals surface area contributed by atoms with E-state index in [2.05, 4.69) is 0 Å². The van der Waals surface area contributed by atoms with E-state index in [4.69, 9.17) is 5.11 Å². The molecule has 2 nitrogen and oxygen atoms in total. The van der Waals surface area contributed by atoms with Crippen LogP contribution in [-0.4, -0.2) is 62.5 Å². The van der Waals surface area contributed by atoms with Crippen LogP contribution in [0.15, 0.2) is 54.6 Å². The summed E-state index contributed by atoms with van der Waals surface area (Å²) in [5.74, 6) is -0.896. The number of carboxylic acid groups (broad SMARTS) is 1. The van der Waals surface area contributed by atoms with E-state index in [0.717, 1.165) is 11.1 Å². The summed E-state index contributed by atoms with van der Waals surface area (Å²) >= 11 is 0. The summed E-state index contributed by atoms with van der Waals surface area (Å²) in [4.78, 5) is 10.8. The van der Waals surface area contributed by atoms with Gasteiger partial charge in [-0.1, -0.05) is 42.5 Å². The first-order chi connectivity index (χ1) is 7.27. The van der Waals surface area contributed by atoms with E-state index in [1.165, 1.54) is 0 Å². The van der Waals surface area contributed by atoms with Crippen molar-refractivity contribution in [1.82, 2.24) is 0 Å². The summed E-state index contributed by atoms with van der Waals surface area (Å²) in [5.41, 5.74) is 2.27. The van der Waals surface area contributed by atoms with Crippen LogP contribution >= 0.6 is 0 Å². The molecule has 0 aliphatic carbocycles. The number of hydrogen-bond acceptors (Lipinski definition) is 1. The molecule has 0 saturated carbocycles. The number of hydrogen-bond donors (Lipinski definition) is 1. The Hall–Kier alpha value is -0.454. The third kappa shape index (κ3) is 3.27. The second-order valence-electron chi connectivity index (χ2n) is 3.25. The second-order valence-corrected chi connectivity index (χ2v) is 3.25. The van der Waals surface area contributed by atoms with E-state index in [1.54, 1.807) is 18.2 Å². The number of benzene rings is 2. The molecule has 16 heavy (non-hydrogen) atoms. The maximum absolute atomic E-state index is 10.8. The van der Waals surface area contributed by atoms with Crippen molar-refractivity contribution < 1.29 is 9.90 Å². The first kappa shape index (κ1) is 13.6. The van der Waals surface area contributed by atoms with E-state index < -0.39 is 5.97 Å². The van der Waals surface area contributed by atoms with Gasteiger partial charge in [-0.3, -0.25) is 0 Å². The number of carboxylic acids is 1. The molecule has 0 unspecified atom stereocenters. The molecule has 2 rings (SSSR count). The van der Waals surface area contributed by atoms with Gasteiger partial charge in [0.2, 0.25) is 0 Å². The van der Waals surface area contributed by atoms with Gasteiger partial charge in [-0.2, -0.15) is 0 Å². The zero-order valence-electron chi connectivity index (χ0n) is 8.05. The Morgan fingerprint density at radius 3 is 2.12 bits per heavy atom. The third-order valence-corrected chi connectivity index (χ3v) is 2.22. The number of rotatable bonds is 2. The Morgan fingerprint density at radius 1 is 0.875 bits per heavy atom. The van der Waals surface area contributed by atoms with Gasteiger partial charge in [0, 0.05) is 0 Å². The summed E-state index contributed by atoms with van der Waals surface area (Å²) in [6.07, 6.45) is 0. The maximum atomic E-state index is 10.8. The molecule has 0 bridgehead atoms. The summed E-state index contributed by atoms with van der Waals surface area (Å²) in [7, 11) is 0. The van der Waals surface area contributed by atoms with Gasteiger partial charge in [-0.05, 0) is 23.3 Å². The van der Waals surface area contributed by atoms with Gasteiger partial charge in [0.25, 0.3) is 0 Å². The van der Waals surface area contributed by atoms with Gasteiger partial charge in [0.15, 0.2) is 0 Å². The zero-order chi connectivity index (χ0) is 10.7. The van der Waals surface area contributed by atoms with Gasteiger partial charge >= 0.3 is 57.4 Å². The minimum absolute atomic E-state index is 0. The van der Waals surface area contributed by atoms with Gasteiger partial charge in [-0.25, -0.2) is 4.79 Å². The van der Waals surface area contributed by atoms with Crippen LogP contribution in [0.5, 0.6) is 0 Å². The quantitative estimate of drug-likeness (QED) is 0.816. The predicted molar refractivity (Wildman–Crippen MR) is 66.0 cm³/mol. The van der Waals surface area contributed by atoms with Gasteiger partial charge in [0.05, 0.1) is 5.56 Å². The molecule has 0 aliphatic rings. The van der Waals surface area contributed by atoms with E-state index >= 15 is 0 Å². The van der Waals surface area contributed by atoms with Crippen LogP contribution in [-0.2, 0) is 0 Å². The molecule has 0 heterocycles. The van der Waals surface area contributed by atoms with Crippen molar-refractivity contribution in [1.29, 1.82) is 0 Å². The van der Waals surface area contributed by atoms with Crippen LogP contribution in [0.3, 0.4) is 0 Å². The topological polar surface area (TPSA) is 37.3 Å². The molecule has 0 atom stereocenters. The normalized spacial score (nSPS) is 9.25. The fourth-order valence-electron chi connectivity index (χ4n) is 1.46. The number of carbonyl (C=O) groups is 1. The fraction of sp³-hybridized carbons (Fsp3) is 0. The molecule has 0 amide bonds. The molecule has 0 aliphatic heterocycles. The number of aromatic carboxylic acids is 1. The van der Waals surface area contributed by atoms with E-state index in [-0.39, 0.29) is 51.4 Å². The summed E-state index contributed by atoms with van der Waals surface area (Å²) in [5, 5.41) is 8.86. The SMILES string of the molecule is O=C(O)c1cccc(-c2ccccc2)c1.[KH]. The van der Waals surface area contributed by atoms with Crippen molar-refractivity contribution in [2.45, 2.75) is 0 Å². The first-order valence-corrected chi connectivity index (χ1v) is 4.66. The van der Waals surface area contributed by atoms with Crippen molar-refractivity contribution in [2.75, 3.05) is 0 Å². The molecule has 0 radical (unpaired) electrons. The summed E-state index contributed by atoms with van der Waals surface area (Å²) in [6, 6.07) is 16.7. The Balaban J connectivity index is 0.00000128. The third-order valence-electron chi connectivity index (χ3n) is 2.22. The van der Waals surface area contributed by atoms with Crippen LogP contribution < -0.4 is 0 Å². The molecule has 3 heteroatoms. The van der Waals surface area contributed by atoms with Gasteiger partial charge in [0.1, 0.15) is 0 Å². The first-order valence-electron chi connectivity index (χ1n) is 4.66. The Labute approximate surface area is 137 Å². The van der Waals surface area contributed by atoms with Gasteiger partial charge in [-0.15, -0.1) is 0 Å². The summed E-state index contributed by atoms with van der Waals surface area (Å²) in [6.45, 7) is 0. The van der Waals surface area contributed by atoms with Crippen LogP contribution in [0, 0.1) is 0 Å². The Kier molecular flexibility index (Phi) is 5.38. The van der Waals surface area contributed by atoms with Crippen LogP contribution in [0.25, 0.3) is 11.1 Å². The molecule has 0 fully saturated rings. The Bertz CT molecular complexity index is 480. The van der Waals surface area contributed by atoms with Gasteiger partial charge < -0.3 is 5.11 Å². The monoisotopic (exact) mass is 238 g/mol. The minimum atomic E-state index is -0.896. The molecule has 1 N–H and O–H groups in total. The predicted octanol–water partition coefficient (Wildman–Crippen LogP) is 2.40. The van der Waals surface area contributed by atoms with E-state index in [9.17, 15) is 4.79 Å². The van der Waals surface area contributed by atoms with E-state index in [1.807, 2.05) is 36.4 Å². The molecule has 2 aromatic carbocycles. The summed E-state index contributed by atoms with van der Waals surface area (Å²) < 4.78 is 0. The second kappa shape index (κ2) is 6.32. The fourth-order valence-corrected chi connectivity index (χ4v) is 1.46. The molecule has 0 saturated heterocycles. The molecular formula is C13H11KO2. The molecule has 76 valence electrons.